The van der Waals surface area contributed by atoms with Crippen LogP contribution in [0.3, 0.4) is 0 Å². The number of ether oxygens (including phenoxy) is 4. The highest BCUT2D eigenvalue weighted by Gasteiger charge is 2.16. The first-order chi connectivity index (χ1) is 20.4. The number of halogens is 1. The van der Waals surface area contributed by atoms with Crippen LogP contribution in [0.2, 0.25) is 5.02 Å². The second-order valence-corrected chi connectivity index (χ2v) is 9.39. The molecule has 1 amide bonds. The summed E-state index contributed by atoms with van der Waals surface area (Å²) in [5, 5.41) is 21.9. The van der Waals surface area contributed by atoms with E-state index in [1.807, 2.05) is 61.5 Å². The van der Waals surface area contributed by atoms with Crippen molar-refractivity contribution in [1.29, 1.82) is 5.26 Å². The zero-order chi connectivity index (χ0) is 29.9. The molecule has 0 aromatic heterocycles. The third kappa shape index (κ3) is 7.96. The van der Waals surface area contributed by atoms with Crippen molar-refractivity contribution in [3.05, 3.63) is 112 Å². The van der Waals surface area contributed by atoms with Crippen molar-refractivity contribution in [2.24, 2.45) is 0 Å². The lowest BCUT2D eigenvalue weighted by Gasteiger charge is -2.16. The largest absolute Gasteiger partial charge is 0.508 e. The molecular weight excluding hydrogens is 556 g/mol. The predicted octanol–water partition coefficient (Wildman–Crippen LogP) is 7.16. The molecule has 9 heteroatoms. The Morgan fingerprint density at radius 2 is 1.64 bits per heavy atom. The average molecular weight is 585 g/mol. The number of carbonyl (C=O) groups is 1. The van der Waals surface area contributed by atoms with Crippen LogP contribution >= 0.6 is 11.6 Å². The van der Waals surface area contributed by atoms with Crippen LogP contribution in [0, 0.1) is 11.3 Å². The van der Waals surface area contributed by atoms with Crippen LogP contribution in [-0.2, 0) is 18.0 Å². The number of methoxy groups -OCH3 is 1. The Balaban J connectivity index is 1.49. The van der Waals surface area contributed by atoms with Crippen LogP contribution in [0.25, 0.3) is 6.08 Å². The van der Waals surface area contributed by atoms with E-state index < -0.39 is 5.91 Å². The fraction of sp³-hybridized carbons (Fsp3) is 0.152. The van der Waals surface area contributed by atoms with E-state index >= 15 is 0 Å². The number of nitrogens with one attached hydrogen (secondary N) is 1. The molecule has 0 spiro atoms. The topological polar surface area (TPSA) is 110 Å². The number of rotatable bonds is 12. The van der Waals surface area contributed by atoms with Gasteiger partial charge in [-0.1, -0.05) is 48.0 Å². The van der Waals surface area contributed by atoms with Crippen LogP contribution < -0.4 is 24.3 Å². The summed E-state index contributed by atoms with van der Waals surface area (Å²) in [6.07, 6.45) is 1.41. The normalized spacial score (nSPS) is 10.9. The van der Waals surface area contributed by atoms with Crippen LogP contribution in [0.1, 0.15) is 23.6 Å². The number of anilines is 1. The maximum Gasteiger partial charge on any atom is 0.266 e. The van der Waals surface area contributed by atoms with Crippen molar-refractivity contribution in [1.82, 2.24) is 0 Å². The number of phenols is 1. The summed E-state index contributed by atoms with van der Waals surface area (Å²) in [6.45, 7) is 2.74. The number of hydrogen-bond donors (Lipinski definition) is 2. The smallest absolute Gasteiger partial charge is 0.266 e. The number of amides is 1. The number of aromatic hydroxyl groups is 1. The zero-order valence-corrected chi connectivity index (χ0v) is 23.9. The Bertz CT molecular complexity index is 1600. The van der Waals surface area contributed by atoms with Gasteiger partial charge in [-0.25, -0.2) is 0 Å². The Hall–Kier alpha value is -5.13. The van der Waals surface area contributed by atoms with Gasteiger partial charge in [0, 0.05) is 5.69 Å². The SMILES string of the molecule is CCOc1cc(/C=C(\C#N)C(=O)Nc2ccc(O)cc2)cc(Cl)c1OCc1ccc(OCc2ccccc2)c(OC)c1. The highest BCUT2D eigenvalue weighted by Crippen LogP contribution is 2.38. The minimum atomic E-state index is -0.609. The maximum atomic E-state index is 12.7. The molecule has 4 aromatic rings. The second kappa shape index (κ2) is 14.5. The Morgan fingerprint density at radius 1 is 0.905 bits per heavy atom. The molecule has 0 heterocycles. The number of nitriles is 1. The van der Waals surface area contributed by atoms with Crippen LogP contribution in [0.5, 0.6) is 28.7 Å². The lowest BCUT2D eigenvalue weighted by Crippen LogP contribution is -2.13. The van der Waals surface area contributed by atoms with E-state index in [9.17, 15) is 15.2 Å². The van der Waals surface area contributed by atoms with Crippen LogP contribution in [0.15, 0.2) is 90.5 Å². The van der Waals surface area contributed by atoms with Gasteiger partial charge in [-0.15, -0.1) is 0 Å². The molecule has 0 atom stereocenters. The molecule has 42 heavy (non-hydrogen) atoms. The van der Waals surface area contributed by atoms with E-state index in [1.165, 1.54) is 30.3 Å². The molecule has 0 radical (unpaired) electrons. The molecule has 8 nitrogen and oxygen atoms in total. The minimum absolute atomic E-state index is 0.0634. The highest BCUT2D eigenvalue weighted by atomic mass is 35.5. The van der Waals surface area contributed by atoms with E-state index in [0.29, 0.717) is 47.5 Å². The van der Waals surface area contributed by atoms with Crippen LogP contribution in [-0.4, -0.2) is 24.7 Å². The van der Waals surface area contributed by atoms with Gasteiger partial charge in [-0.2, -0.15) is 5.26 Å². The molecule has 4 rings (SSSR count). The van der Waals surface area contributed by atoms with Gasteiger partial charge < -0.3 is 29.4 Å². The molecule has 0 unspecified atom stereocenters. The first-order valence-electron chi connectivity index (χ1n) is 13.0. The first-order valence-corrected chi connectivity index (χ1v) is 13.4. The van der Waals surface area contributed by atoms with E-state index in [-0.39, 0.29) is 23.0 Å². The Labute approximate surface area is 249 Å². The van der Waals surface area contributed by atoms with Gasteiger partial charge in [0.1, 0.15) is 30.6 Å². The predicted molar refractivity (Wildman–Crippen MR) is 161 cm³/mol. The van der Waals surface area contributed by atoms with Gasteiger partial charge in [0.2, 0.25) is 0 Å². The maximum absolute atomic E-state index is 12.7. The number of hydrogen-bond acceptors (Lipinski definition) is 7. The van der Waals surface area contributed by atoms with Gasteiger partial charge in [0.25, 0.3) is 5.91 Å². The summed E-state index contributed by atoms with van der Waals surface area (Å²) in [5.74, 6) is 1.32. The van der Waals surface area contributed by atoms with E-state index in [2.05, 4.69) is 5.32 Å². The average Bonchev–Trinajstić information content (AvgIpc) is 3.00. The fourth-order valence-electron chi connectivity index (χ4n) is 3.94. The van der Waals surface area contributed by atoms with Gasteiger partial charge >= 0.3 is 0 Å². The van der Waals surface area contributed by atoms with Crippen molar-refractivity contribution in [3.63, 3.8) is 0 Å². The van der Waals surface area contributed by atoms with Gasteiger partial charge in [0.15, 0.2) is 23.0 Å². The third-order valence-corrected chi connectivity index (χ3v) is 6.26. The van der Waals surface area contributed by atoms with Crippen molar-refractivity contribution in [3.8, 4) is 34.8 Å². The lowest BCUT2D eigenvalue weighted by molar-refractivity contribution is -0.112. The number of phenolic OH excluding ortho intramolecular Hbond substituents is 1. The van der Waals surface area contributed by atoms with Crippen molar-refractivity contribution in [2.75, 3.05) is 19.0 Å². The Morgan fingerprint density at radius 3 is 2.33 bits per heavy atom. The lowest BCUT2D eigenvalue weighted by atomic mass is 10.1. The first kappa shape index (κ1) is 29.8. The quantitative estimate of drug-likeness (QED) is 0.103. The summed E-state index contributed by atoms with van der Waals surface area (Å²) >= 11 is 6.58. The molecule has 0 aliphatic carbocycles. The number of nitrogens with zero attached hydrogens (tertiary/aromatic N) is 1. The van der Waals surface area contributed by atoms with Crippen LogP contribution in [0.4, 0.5) is 5.69 Å². The molecule has 214 valence electrons. The molecule has 0 bridgehead atoms. The van der Waals surface area contributed by atoms with E-state index in [4.69, 9.17) is 30.5 Å². The van der Waals surface area contributed by atoms with Gasteiger partial charge in [-0.05, 0) is 78.2 Å². The fourth-order valence-corrected chi connectivity index (χ4v) is 4.22. The number of carbonyl (C=O) groups excluding carboxylic acids is 1. The number of benzene rings is 4. The third-order valence-electron chi connectivity index (χ3n) is 5.98. The summed E-state index contributed by atoms with van der Waals surface area (Å²) < 4.78 is 23.3. The van der Waals surface area contributed by atoms with Crippen molar-refractivity contribution in [2.45, 2.75) is 20.1 Å². The zero-order valence-electron chi connectivity index (χ0n) is 23.1. The summed E-state index contributed by atoms with van der Waals surface area (Å²) in [7, 11) is 1.58. The molecule has 2 N–H and O–H groups in total. The molecule has 0 aliphatic heterocycles. The van der Waals surface area contributed by atoms with E-state index in [1.54, 1.807) is 19.2 Å². The molecule has 4 aromatic carbocycles. The standard InChI is InChI=1S/C33H29ClN2O6/c1-3-40-31-18-24(15-25(19-35)33(38)36-26-10-12-27(37)13-11-26)16-28(34)32(31)42-21-23-9-14-29(30(17-23)39-2)41-20-22-7-5-4-6-8-22/h4-18,37H,3,20-21H2,1-2H3,(H,36,38)/b25-15+. The summed E-state index contributed by atoms with van der Waals surface area (Å²) in [4.78, 5) is 12.7. The Kier molecular flexibility index (Phi) is 10.3. The van der Waals surface area contributed by atoms with Crippen molar-refractivity contribution >= 4 is 29.3 Å². The summed E-state index contributed by atoms with van der Waals surface area (Å²) in [6, 6.07) is 26.4. The van der Waals surface area contributed by atoms with Gasteiger partial charge in [-0.3, -0.25) is 4.79 Å². The minimum Gasteiger partial charge on any atom is -0.508 e. The monoisotopic (exact) mass is 584 g/mol. The molecule has 0 fully saturated rings. The van der Waals surface area contributed by atoms with Gasteiger partial charge in [0.05, 0.1) is 18.7 Å². The molecule has 0 saturated carbocycles. The highest BCUT2D eigenvalue weighted by molar-refractivity contribution is 6.32. The van der Waals surface area contributed by atoms with E-state index in [0.717, 1.165) is 11.1 Å². The second-order valence-electron chi connectivity index (χ2n) is 8.98. The molecule has 0 saturated heterocycles. The summed E-state index contributed by atoms with van der Waals surface area (Å²) in [5.41, 5.74) is 2.64. The molecule has 0 aliphatic rings. The molecular formula is C33H29ClN2O6. The van der Waals surface area contributed by atoms with Crippen molar-refractivity contribution < 1.29 is 28.8 Å².